The number of aromatic nitrogens is 1. The van der Waals surface area contributed by atoms with Crippen LogP contribution in [-0.2, 0) is 0 Å². The van der Waals surface area contributed by atoms with Gasteiger partial charge in [0, 0.05) is 6.20 Å². The van der Waals surface area contributed by atoms with Gasteiger partial charge in [0.1, 0.15) is 11.9 Å². The molecular formula is C12H16Cl2N2OS. The minimum absolute atomic E-state index is 0. The quantitative estimate of drug-likeness (QED) is 0.924. The summed E-state index contributed by atoms with van der Waals surface area (Å²) in [5, 5.41) is 5.41. The fourth-order valence-electron chi connectivity index (χ4n) is 2.04. The van der Waals surface area contributed by atoms with Gasteiger partial charge in [0.05, 0.1) is 10.2 Å². The first-order valence-corrected chi connectivity index (χ1v) is 6.51. The molecule has 3 heterocycles. The van der Waals surface area contributed by atoms with Crippen LogP contribution < -0.4 is 10.1 Å². The van der Waals surface area contributed by atoms with Crippen LogP contribution in [0, 0.1) is 0 Å². The van der Waals surface area contributed by atoms with Gasteiger partial charge in [0.25, 0.3) is 0 Å². The minimum atomic E-state index is 0. The van der Waals surface area contributed by atoms with Crippen molar-refractivity contribution in [3.05, 3.63) is 23.7 Å². The number of hydrogen-bond acceptors (Lipinski definition) is 4. The van der Waals surface area contributed by atoms with E-state index >= 15 is 0 Å². The number of fused-ring (bicyclic) bond motifs is 1. The van der Waals surface area contributed by atoms with Crippen LogP contribution in [0.5, 0.6) is 5.75 Å². The third kappa shape index (κ3) is 3.26. The van der Waals surface area contributed by atoms with Crippen molar-refractivity contribution in [3.63, 3.8) is 0 Å². The van der Waals surface area contributed by atoms with Gasteiger partial charge in [-0.25, -0.2) is 0 Å². The van der Waals surface area contributed by atoms with Crippen molar-refractivity contribution >= 4 is 46.4 Å². The third-order valence-electron chi connectivity index (χ3n) is 2.89. The van der Waals surface area contributed by atoms with E-state index in [0.29, 0.717) is 6.10 Å². The number of hydrogen-bond donors (Lipinski definition) is 1. The van der Waals surface area contributed by atoms with Crippen LogP contribution in [0.1, 0.15) is 12.8 Å². The average Bonchev–Trinajstić information content (AvgIpc) is 2.80. The van der Waals surface area contributed by atoms with Crippen molar-refractivity contribution in [1.29, 1.82) is 0 Å². The first-order valence-electron chi connectivity index (χ1n) is 5.63. The van der Waals surface area contributed by atoms with Crippen LogP contribution in [0.4, 0.5) is 0 Å². The molecule has 0 unspecified atom stereocenters. The van der Waals surface area contributed by atoms with E-state index in [2.05, 4.69) is 15.7 Å². The SMILES string of the molecule is Cl.Cl.c1cc(OC2CCNCC2)c2sccc2n1. The van der Waals surface area contributed by atoms with E-state index in [9.17, 15) is 0 Å². The van der Waals surface area contributed by atoms with E-state index in [1.807, 2.05) is 18.3 Å². The van der Waals surface area contributed by atoms with E-state index in [0.717, 1.165) is 37.2 Å². The molecule has 0 amide bonds. The smallest absolute Gasteiger partial charge is 0.140 e. The predicted molar refractivity (Wildman–Crippen MR) is 80.6 cm³/mol. The van der Waals surface area contributed by atoms with Gasteiger partial charge >= 0.3 is 0 Å². The maximum absolute atomic E-state index is 6.06. The number of thiophene rings is 1. The molecule has 1 aliphatic heterocycles. The number of rotatable bonds is 2. The largest absolute Gasteiger partial charge is 0.489 e. The summed E-state index contributed by atoms with van der Waals surface area (Å²) in [5.74, 6) is 0.992. The number of halogens is 2. The van der Waals surface area contributed by atoms with Crippen LogP contribution in [-0.4, -0.2) is 24.2 Å². The van der Waals surface area contributed by atoms with Crippen molar-refractivity contribution in [2.75, 3.05) is 13.1 Å². The van der Waals surface area contributed by atoms with Crippen LogP contribution >= 0.6 is 36.2 Å². The zero-order valence-corrected chi connectivity index (χ0v) is 12.2. The first-order chi connectivity index (χ1) is 7.93. The van der Waals surface area contributed by atoms with E-state index in [-0.39, 0.29) is 24.8 Å². The monoisotopic (exact) mass is 306 g/mol. The molecule has 0 atom stereocenters. The molecule has 2 aromatic heterocycles. The molecule has 3 nitrogen and oxygen atoms in total. The fraction of sp³-hybridized carbons (Fsp3) is 0.417. The van der Waals surface area contributed by atoms with Gasteiger partial charge in [-0.15, -0.1) is 36.2 Å². The summed E-state index contributed by atoms with van der Waals surface area (Å²) in [4.78, 5) is 4.31. The molecule has 0 aromatic carbocycles. The second-order valence-corrected chi connectivity index (χ2v) is 4.93. The Morgan fingerprint density at radius 3 is 2.78 bits per heavy atom. The van der Waals surface area contributed by atoms with Gasteiger partial charge < -0.3 is 10.1 Å². The fourth-order valence-corrected chi connectivity index (χ4v) is 2.84. The second kappa shape index (κ2) is 7.14. The lowest BCUT2D eigenvalue weighted by Crippen LogP contribution is -2.34. The van der Waals surface area contributed by atoms with Crippen molar-refractivity contribution in [3.8, 4) is 5.75 Å². The third-order valence-corrected chi connectivity index (χ3v) is 3.81. The van der Waals surface area contributed by atoms with Gasteiger partial charge in [-0.1, -0.05) is 0 Å². The molecule has 18 heavy (non-hydrogen) atoms. The molecule has 0 spiro atoms. The highest BCUT2D eigenvalue weighted by Crippen LogP contribution is 2.30. The summed E-state index contributed by atoms with van der Waals surface area (Å²) in [6.07, 6.45) is 4.37. The summed E-state index contributed by atoms with van der Waals surface area (Å²) < 4.78 is 7.22. The maximum atomic E-state index is 6.06. The van der Waals surface area contributed by atoms with Crippen LogP contribution in [0.15, 0.2) is 23.7 Å². The highest BCUT2D eigenvalue weighted by molar-refractivity contribution is 7.17. The molecule has 6 heteroatoms. The van der Waals surface area contributed by atoms with Gasteiger partial charge in [0.2, 0.25) is 0 Å². The van der Waals surface area contributed by atoms with Crippen molar-refractivity contribution < 1.29 is 4.74 Å². The molecule has 1 N–H and O–H groups in total. The number of nitrogens with zero attached hydrogens (tertiary/aromatic N) is 1. The topological polar surface area (TPSA) is 34.1 Å². The first kappa shape index (κ1) is 15.5. The van der Waals surface area contributed by atoms with E-state index < -0.39 is 0 Å². The van der Waals surface area contributed by atoms with Gasteiger partial charge in [-0.05, 0) is 43.4 Å². The molecule has 1 aliphatic rings. The zero-order chi connectivity index (χ0) is 10.8. The summed E-state index contributed by atoms with van der Waals surface area (Å²) in [5.41, 5.74) is 1.04. The van der Waals surface area contributed by atoms with Crippen molar-refractivity contribution in [2.24, 2.45) is 0 Å². The molecule has 0 saturated carbocycles. The summed E-state index contributed by atoms with van der Waals surface area (Å²) >= 11 is 1.70. The normalized spacial score (nSPS) is 15.8. The molecule has 0 radical (unpaired) electrons. The van der Waals surface area contributed by atoms with Crippen LogP contribution in [0.3, 0.4) is 0 Å². The van der Waals surface area contributed by atoms with Crippen LogP contribution in [0.25, 0.3) is 10.2 Å². The maximum Gasteiger partial charge on any atom is 0.140 e. The molecule has 1 fully saturated rings. The number of piperidine rings is 1. The Morgan fingerprint density at radius 1 is 1.22 bits per heavy atom. The highest BCUT2D eigenvalue weighted by atomic mass is 35.5. The van der Waals surface area contributed by atoms with Crippen molar-refractivity contribution in [1.82, 2.24) is 10.3 Å². The summed E-state index contributed by atoms with van der Waals surface area (Å²) in [6, 6.07) is 4.01. The molecule has 1 saturated heterocycles. The Kier molecular flexibility index (Phi) is 6.15. The Labute approximate surface area is 123 Å². The molecular weight excluding hydrogens is 291 g/mol. The standard InChI is InChI=1S/C12H14N2OS.2ClH/c1-5-13-6-2-9(1)15-11-3-7-14-10-4-8-16-12(10)11;;/h3-4,7-9,13H,1-2,5-6H2;2*1H. The second-order valence-electron chi connectivity index (χ2n) is 4.01. The number of pyridine rings is 1. The number of nitrogens with one attached hydrogen (secondary N) is 1. The molecule has 3 rings (SSSR count). The zero-order valence-electron chi connectivity index (χ0n) is 9.80. The molecule has 100 valence electrons. The summed E-state index contributed by atoms with van der Waals surface area (Å²) in [6.45, 7) is 2.12. The number of ether oxygens (including phenoxy) is 1. The Balaban J connectivity index is 0.000000810. The Morgan fingerprint density at radius 2 is 2.00 bits per heavy atom. The van der Waals surface area contributed by atoms with E-state index in [1.54, 1.807) is 11.3 Å². The van der Waals surface area contributed by atoms with Gasteiger partial charge in [0.15, 0.2) is 0 Å². The lowest BCUT2D eigenvalue weighted by atomic mass is 10.1. The van der Waals surface area contributed by atoms with Gasteiger partial charge in [-0.2, -0.15) is 0 Å². The lowest BCUT2D eigenvalue weighted by molar-refractivity contribution is 0.165. The Bertz CT molecular complexity index is 486. The van der Waals surface area contributed by atoms with E-state index in [4.69, 9.17) is 4.74 Å². The molecule has 0 aliphatic carbocycles. The van der Waals surface area contributed by atoms with Crippen LogP contribution in [0.2, 0.25) is 0 Å². The minimum Gasteiger partial charge on any atom is -0.489 e. The molecule has 0 bridgehead atoms. The van der Waals surface area contributed by atoms with Crippen molar-refractivity contribution in [2.45, 2.75) is 18.9 Å². The van der Waals surface area contributed by atoms with Gasteiger partial charge in [-0.3, -0.25) is 4.98 Å². The Hall–Kier alpha value is -0.550. The van der Waals surface area contributed by atoms with E-state index in [1.165, 1.54) is 4.70 Å². The lowest BCUT2D eigenvalue weighted by Gasteiger charge is -2.23. The molecule has 2 aromatic rings. The average molecular weight is 307 g/mol. The highest BCUT2D eigenvalue weighted by Gasteiger charge is 2.15. The summed E-state index contributed by atoms with van der Waals surface area (Å²) in [7, 11) is 0. The predicted octanol–water partition coefficient (Wildman–Crippen LogP) is 3.27.